The fourth-order valence-corrected chi connectivity index (χ4v) is 3.83. The number of benzene rings is 2. The molecular formula is C21H22N3O4PS. The van der Waals surface area contributed by atoms with E-state index < -0.39 is 12.1 Å². The highest BCUT2D eigenvalue weighted by Crippen LogP contribution is 2.44. The summed E-state index contributed by atoms with van der Waals surface area (Å²) >= 11 is 4.65. The molecule has 0 aromatic heterocycles. The van der Waals surface area contributed by atoms with E-state index in [0.29, 0.717) is 33.3 Å². The van der Waals surface area contributed by atoms with Crippen LogP contribution in [0, 0.1) is 0 Å². The highest BCUT2D eigenvalue weighted by Gasteiger charge is 2.28. The van der Waals surface area contributed by atoms with Gasteiger partial charge >= 0.3 is 12.1 Å². The molecule has 2 aromatic carbocycles. The molecule has 1 aliphatic carbocycles. The molecule has 0 radical (unpaired) electrons. The summed E-state index contributed by atoms with van der Waals surface area (Å²) in [6.45, 7) is 0.665. The molecule has 1 amide bonds. The van der Waals surface area contributed by atoms with E-state index in [-0.39, 0.29) is 18.2 Å². The van der Waals surface area contributed by atoms with Crippen LogP contribution >= 0.6 is 7.51 Å². The van der Waals surface area contributed by atoms with Crippen LogP contribution in [0.4, 0.5) is 4.79 Å². The topological polar surface area (TPSA) is 100 Å². The number of carboxylic acid groups (broad SMARTS) is 1. The number of alkyl carbamates (subject to hydrolysis) is 1. The molecule has 0 saturated carbocycles. The van der Waals surface area contributed by atoms with Gasteiger partial charge < -0.3 is 15.2 Å². The van der Waals surface area contributed by atoms with Crippen LogP contribution in [0.5, 0.6) is 0 Å². The maximum atomic E-state index is 12.1. The van der Waals surface area contributed by atoms with Crippen molar-refractivity contribution in [2.45, 2.75) is 25.2 Å². The minimum atomic E-state index is -1.08. The summed E-state index contributed by atoms with van der Waals surface area (Å²) in [7, 11) is 0.372. The summed E-state index contributed by atoms with van der Waals surface area (Å²) in [5, 5.41) is 18.0. The Balaban J connectivity index is 1.44. The Morgan fingerprint density at radius 2 is 1.70 bits per heavy atom. The zero-order chi connectivity index (χ0) is 21.3. The number of aliphatic carboxylic acids is 1. The van der Waals surface area contributed by atoms with Crippen molar-refractivity contribution < 1.29 is 19.4 Å². The molecule has 7 nitrogen and oxygen atoms in total. The molecule has 0 heterocycles. The van der Waals surface area contributed by atoms with Crippen LogP contribution in [-0.2, 0) is 21.3 Å². The standard InChI is InChI=1S/C21H22N3O4PS/c25-20(26)19(23-24-29-30)11-5-6-12-22-21(27)28-13-18-16-9-3-1-7-14(16)15-8-2-4-10-17(15)18/h1-4,7-10,18H,5-6,11-13H2,(H,22,27)(H,24,30)(H,25,26). The van der Waals surface area contributed by atoms with Crippen molar-refractivity contribution in [1.82, 2.24) is 10.5 Å². The minimum Gasteiger partial charge on any atom is -0.477 e. The van der Waals surface area contributed by atoms with Gasteiger partial charge in [-0.05, 0) is 53.3 Å². The van der Waals surface area contributed by atoms with Crippen LogP contribution in [0.25, 0.3) is 11.1 Å². The minimum absolute atomic E-state index is 0.0218. The number of carbonyl (C=O) groups excluding carboxylic acids is 1. The molecule has 0 atom stereocenters. The van der Waals surface area contributed by atoms with Gasteiger partial charge in [0.2, 0.25) is 0 Å². The predicted octanol–water partition coefficient (Wildman–Crippen LogP) is 4.05. The highest BCUT2D eigenvalue weighted by molar-refractivity contribution is 7.95. The number of carbonyl (C=O) groups is 2. The third-order valence-electron chi connectivity index (χ3n) is 4.93. The second-order valence-corrected chi connectivity index (χ2v) is 7.69. The van der Waals surface area contributed by atoms with Crippen molar-refractivity contribution >= 4 is 37.1 Å². The van der Waals surface area contributed by atoms with E-state index in [4.69, 9.17) is 9.84 Å². The Labute approximate surface area is 181 Å². The summed E-state index contributed by atoms with van der Waals surface area (Å²) in [5.41, 5.74) is 4.72. The number of amides is 1. The first kappa shape index (κ1) is 21.9. The van der Waals surface area contributed by atoms with E-state index in [1.807, 2.05) is 24.3 Å². The highest BCUT2D eigenvalue weighted by atomic mass is 32.4. The largest absolute Gasteiger partial charge is 0.477 e. The van der Waals surface area contributed by atoms with Gasteiger partial charge in [-0.15, -0.1) is 0 Å². The van der Waals surface area contributed by atoms with Crippen LogP contribution in [0.1, 0.15) is 36.3 Å². The van der Waals surface area contributed by atoms with Crippen molar-refractivity contribution in [1.29, 1.82) is 0 Å². The van der Waals surface area contributed by atoms with Gasteiger partial charge in [-0.3, -0.25) is 0 Å². The number of nitrogens with one attached hydrogen (secondary N) is 2. The van der Waals surface area contributed by atoms with E-state index in [1.54, 1.807) is 0 Å². The first-order valence-electron chi connectivity index (χ1n) is 9.58. The molecule has 0 saturated heterocycles. The Kier molecular flexibility index (Phi) is 7.88. The molecule has 3 rings (SSSR count). The summed E-state index contributed by atoms with van der Waals surface area (Å²) < 4.78 is 5.47. The maximum absolute atomic E-state index is 12.1. The lowest BCUT2D eigenvalue weighted by Crippen LogP contribution is -2.27. The van der Waals surface area contributed by atoms with E-state index in [9.17, 15) is 9.59 Å². The van der Waals surface area contributed by atoms with Crippen molar-refractivity contribution in [3.63, 3.8) is 0 Å². The molecule has 0 unspecified atom stereocenters. The van der Waals surface area contributed by atoms with Crippen LogP contribution in [-0.4, -0.2) is 36.0 Å². The van der Waals surface area contributed by atoms with Gasteiger partial charge in [0.05, 0.1) is 0 Å². The number of hydrogen-bond donors (Lipinski definition) is 3. The molecule has 0 fully saturated rings. The van der Waals surface area contributed by atoms with E-state index >= 15 is 0 Å². The molecule has 0 bridgehead atoms. The van der Waals surface area contributed by atoms with Gasteiger partial charge in [0.25, 0.3) is 0 Å². The van der Waals surface area contributed by atoms with Crippen LogP contribution < -0.4 is 10.5 Å². The Hall–Kier alpha value is -2.83. The van der Waals surface area contributed by atoms with Crippen LogP contribution in [0.15, 0.2) is 53.6 Å². The van der Waals surface area contributed by atoms with Gasteiger partial charge in [-0.1, -0.05) is 48.5 Å². The first-order valence-corrected chi connectivity index (χ1v) is 11.5. The monoisotopic (exact) mass is 443 g/mol. The number of ether oxygens (including phenoxy) is 1. The Bertz CT molecular complexity index is 921. The molecule has 9 heteroatoms. The lowest BCUT2D eigenvalue weighted by molar-refractivity contribution is -0.129. The third-order valence-corrected chi connectivity index (χ3v) is 5.35. The fraction of sp³-hybridized carbons (Fsp3) is 0.286. The number of carboxylic acids is 1. The maximum Gasteiger partial charge on any atom is 0.407 e. The molecule has 0 aliphatic heterocycles. The van der Waals surface area contributed by atoms with Gasteiger partial charge in [-0.25, -0.2) is 14.8 Å². The predicted molar refractivity (Wildman–Crippen MR) is 119 cm³/mol. The van der Waals surface area contributed by atoms with Crippen LogP contribution in [0.2, 0.25) is 0 Å². The SMILES string of the molecule is O=C(NCCCCC(=NNP=S)C(=O)O)OCC1c2ccccc2-c2ccccc21. The summed E-state index contributed by atoms with van der Waals surface area (Å²) in [5.74, 6) is -1.06. The van der Waals surface area contributed by atoms with Crippen LogP contribution in [0.3, 0.4) is 0 Å². The lowest BCUT2D eigenvalue weighted by atomic mass is 9.98. The second-order valence-electron chi connectivity index (χ2n) is 6.76. The number of fused-ring (bicyclic) bond motifs is 3. The van der Waals surface area contributed by atoms with Crippen molar-refractivity contribution in [3.8, 4) is 11.1 Å². The summed E-state index contributed by atoms with van der Waals surface area (Å²) in [4.78, 5) is 23.2. The second kappa shape index (κ2) is 10.8. The molecule has 3 N–H and O–H groups in total. The van der Waals surface area contributed by atoms with E-state index in [0.717, 1.165) is 0 Å². The normalized spacial score (nSPS) is 12.9. The first-order chi connectivity index (χ1) is 14.6. The van der Waals surface area contributed by atoms with Crippen molar-refractivity contribution in [3.05, 3.63) is 59.7 Å². The molecule has 0 spiro atoms. The number of nitrogens with zero attached hydrogens (tertiary/aromatic N) is 1. The zero-order valence-electron chi connectivity index (χ0n) is 16.2. The summed E-state index contributed by atoms with van der Waals surface area (Å²) in [6.07, 6.45) is 1.00. The lowest BCUT2D eigenvalue weighted by Gasteiger charge is -2.14. The fourth-order valence-electron chi connectivity index (χ4n) is 3.55. The number of rotatable bonds is 10. The summed E-state index contributed by atoms with van der Waals surface area (Å²) in [6, 6.07) is 16.3. The molecule has 2 aromatic rings. The number of hydrazone groups is 1. The van der Waals surface area contributed by atoms with E-state index in [2.05, 4.69) is 51.7 Å². The molecule has 30 heavy (non-hydrogen) atoms. The number of hydrogen-bond acceptors (Lipinski definition) is 5. The van der Waals surface area contributed by atoms with Gasteiger partial charge in [0, 0.05) is 12.5 Å². The van der Waals surface area contributed by atoms with Gasteiger partial charge in [0.15, 0.2) is 0 Å². The van der Waals surface area contributed by atoms with Crippen molar-refractivity contribution in [2.24, 2.45) is 5.10 Å². The Morgan fingerprint density at radius 3 is 2.30 bits per heavy atom. The van der Waals surface area contributed by atoms with Gasteiger partial charge in [-0.2, -0.15) is 5.10 Å². The van der Waals surface area contributed by atoms with E-state index in [1.165, 1.54) is 22.3 Å². The molecule has 1 aliphatic rings. The Morgan fingerprint density at radius 1 is 1.07 bits per heavy atom. The smallest absolute Gasteiger partial charge is 0.407 e. The molecular weight excluding hydrogens is 421 g/mol. The molecule has 156 valence electrons. The average Bonchev–Trinajstić information content (AvgIpc) is 3.07. The quantitative estimate of drug-likeness (QED) is 0.222. The average molecular weight is 443 g/mol. The number of unbranched alkanes of at least 4 members (excludes halogenated alkanes) is 1. The zero-order valence-corrected chi connectivity index (χ0v) is 17.9. The van der Waals surface area contributed by atoms with Crippen molar-refractivity contribution in [2.75, 3.05) is 13.2 Å². The third kappa shape index (κ3) is 5.40. The van der Waals surface area contributed by atoms with Gasteiger partial charge in [0.1, 0.15) is 19.8 Å².